The quantitative estimate of drug-likeness (QED) is 0.218. The Bertz CT molecular complexity index is 1070. The maximum Gasteiger partial charge on any atom is 0.343 e. The molecule has 1 amide bonds. The normalized spacial score (nSPS) is 10.6. The molecule has 0 aromatic heterocycles. The molecule has 0 fully saturated rings. The first-order valence-electron chi connectivity index (χ1n) is 9.65. The second-order valence-corrected chi connectivity index (χ2v) is 7.41. The van der Waals surface area contributed by atoms with Crippen molar-refractivity contribution in [2.24, 2.45) is 5.10 Å². The molecule has 0 unspecified atom stereocenters. The van der Waals surface area contributed by atoms with Crippen LogP contribution in [0.5, 0.6) is 11.5 Å². The van der Waals surface area contributed by atoms with Gasteiger partial charge in [0, 0.05) is 4.47 Å². The molecule has 3 aromatic carbocycles. The Morgan fingerprint density at radius 3 is 2.45 bits per heavy atom. The predicted octanol–water partition coefficient (Wildman–Crippen LogP) is 4.76. The number of hydrogen-bond acceptors (Lipinski definition) is 5. The highest BCUT2D eigenvalue weighted by Crippen LogP contribution is 2.29. The molecule has 0 aliphatic rings. The van der Waals surface area contributed by atoms with Crippen LogP contribution in [0.2, 0.25) is 0 Å². The number of ether oxygens (including phenoxy) is 2. The Labute approximate surface area is 189 Å². The molecule has 0 aliphatic carbocycles. The monoisotopic (exact) mass is 480 g/mol. The molecule has 0 atom stereocenters. The topological polar surface area (TPSA) is 77.0 Å². The molecule has 0 heterocycles. The zero-order valence-corrected chi connectivity index (χ0v) is 18.5. The van der Waals surface area contributed by atoms with E-state index in [4.69, 9.17) is 9.47 Å². The van der Waals surface area contributed by atoms with Gasteiger partial charge in [-0.3, -0.25) is 4.79 Å². The lowest BCUT2D eigenvalue weighted by Gasteiger charge is -2.11. The van der Waals surface area contributed by atoms with Gasteiger partial charge in [0.1, 0.15) is 0 Å². The maximum atomic E-state index is 12.4. The number of benzene rings is 3. The van der Waals surface area contributed by atoms with Gasteiger partial charge in [-0.15, -0.1) is 0 Å². The number of hydrogen-bond donors (Lipinski definition) is 1. The van der Waals surface area contributed by atoms with E-state index in [1.54, 1.807) is 42.5 Å². The number of nitrogens with zero attached hydrogens (tertiary/aromatic N) is 1. The van der Waals surface area contributed by atoms with Crippen LogP contribution >= 0.6 is 15.9 Å². The van der Waals surface area contributed by atoms with E-state index in [-0.39, 0.29) is 12.3 Å². The summed E-state index contributed by atoms with van der Waals surface area (Å²) in [4.78, 5) is 24.4. The van der Waals surface area contributed by atoms with Crippen molar-refractivity contribution in [2.45, 2.75) is 13.3 Å². The second-order valence-electron chi connectivity index (χ2n) is 6.49. The molecule has 0 saturated heterocycles. The number of hydrazone groups is 1. The van der Waals surface area contributed by atoms with Crippen molar-refractivity contribution in [2.75, 3.05) is 6.61 Å². The standard InChI is InChI=1S/C24H21BrN2O4/c1-2-30-22-14-18(16-26-27-23(28)15-17-6-4-3-5-7-17)8-13-21(22)31-24(29)19-9-11-20(25)12-10-19/h3-14,16H,2,15H2,1H3,(H,27,28)/b26-16+. The van der Waals surface area contributed by atoms with E-state index in [1.807, 2.05) is 37.3 Å². The van der Waals surface area contributed by atoms with Crippen LogP contribution in [0, 0.1) is 0 Å². The third kappa shape index (κ3) is 6.79. The highest BCUT2D eigenvalue weighted by Gasteiger charge is 2.13. The van der Waals surface area contributed by atoms with Crippen LogP contribution in [0.15, 0.2) is 82.4 Å². The number of amides is 1. The fourth-order valence-corrected chi connectivity index (χ4v) is 2.97. The number of halogens is 1. The van der Waals surface area contributed by atoms with E-state index in [0.717, 1.165) is 10.0 Å². The van der Waals surface area contributed by atoms with E-state index < -0.39 is 5.97 Å². The summed E-state index contributed by atoms with van der Waals surface area (Å²) >= 11 is 3.34. The summed E-state index contributed by atoms with van der Waals surface area (Å²) in [5.74, 6) is 0.0168. The molecule has 7 heteroatoms. The third-order valence-corrected chi connectivity index (χ3v) is 4.69. The van der Waals surface area contributed by atoms with Gasteiger partial charge in [0.25, 0.3) is 0 Å². The van der Waals surface area contributed by atoms with Crippen molar-refractivity contribution < 1.29 is 19.1 Å². The van der Waals surface area contributed by atoms with Crippen LogP contribution in [0.4, 0.5) is 0 Å². The predicted molar refractivity (Wildman–Crippen MR) is 123 cm³/mol. The Balaban J connectivity index is 1.65. The molecule has 3 rings (SSSR count). The number of nitrogens with one attached hydrogen (secondary N) is 1. The SMILES string of the molecule is CCOc1cc(/C=N/NC(=O)Cc2ccccc2)ccc1OC(=O)c1ccc(Br)cc1. The van der Waals surface area contributed by atoms with Crippen LogP contribution in [0.25, 0.3) is 0 Å². The van der Waals surface area contributed by atoms with E-state index in [2.05, 4.69) is 26.5 Å². The summed E-state index contributed by atoms with van der Waals surface area (Å²) in [7, 11) is 0. The molecule has 0 spiro atoms. The van der Waals surface area contributed by atoms with Crippen LogP contribution in [-0.2, 0) is 11.2 Å². The van der Waals surface area contributed by atoms with Gasteiger partial charge in [-0.2, -0.15) is 5.10 Å². The van der Waals surface area contributed by atoms with Crippen LogP contribution in [-0.4, -0.2) is 24.7 Å². The van der Waals surface area contributed by atoms with E-state index in [1.165, 1.54) is 6.21 Å². The summed E-state index contributed by atoms with van der Waals surface area (Å²) in [5, 5.41) is 3.99. The first-order valence-corrected chi connectivity index (χ1v) is 10.4. The van der Waals surface area contributed by atoms with Crippen molar-refractivity contribution >= 4 is 34.0 Å². The van der Waals surface area contributed by atoms with Gasteiger partial charge in [0.15, 0.2) is 11.5 Å². The molecule has 0 radical (unpaired) electrons. The lowest BCUT2D eigenvalue weighted by Crippen LogP contribution is -2.19. The molecule has 0 saturated carbocycles. The number of carbonyl (C=O) groups excluding carboxylic acids is 2. The van der Waals surface area contributed by atoms with Crippen LogP contribution in [0.1, 0.15) is 28.4 Å². The fourth-order valence-electron chi connectivity index (χ4n) is 2.70. The van der Waals surface area contributed by atoms with Crippen molar-refractivity contribution in [1.82, 2.24) is 5.43 Å². The first-order chi connectivity index (χ1) is 15.0. The molecule has 3 aromatic rings. The number of rotatable bonds is 8. The van der Waals surface area contributed by atoms with Gasteiger partial charge >= 0.3 is 5.97 Å². The van der Waals surface area contributed by atoms with Gasteiger partial charge in [0.2, 0.25) is 5.91 Å². The van der Waals surface area contributed by atoms with Gasteiger partial charge in [0.05, 0.1) is 24.8 Å². The van der Waals surface area contributed by atoms with E-state index in [9.17, 15) is 9.59 Å². The zero-order chi connectivity index (χ0) is 22.1. The molecule has 6 nitrogen and oxygen atoms in total. The molecular weight excluding hydrogens is 460 g/mol. The van der Waals surface area contributed by atoms with Crippen LogP contribution in [0.3, 0.4) is 0 Å². The summed E-state index contributed by atoms with van der Waals surface area (Å²) in [6.07, 6.45) is 1.75. The average Bonchev–Trinajstić information content (AvgIpc) is 2.77. The van der Waals surface area contributed by atoms with E-state index >= 15 is 0 Å². The van der Waals surface area contributed by atoms with Gasteiger partial charge < -0.3 is 9.47 Å². The van der Waals surface area contributed by atoms with E-state index in [0.29, 0.717) is 29.2 Å². The Hall–Kier alpha value is -3.45. The lowest BCUT2D eigenvalue weighted by atomic mass is 10.1. The highest BCUT2D eigenvalue weighted by atomic mass is 79.9. The smallest absolute Gasteiger partial charge is 0.343 e. The number of carbonyl (C=O) groups is 2. The van der Waals surface area contributed by atoms with Crippen molar-refractivity contribution in [3.05, 3.63) is 94.0 Å². The zero-order valence-electron chi connectivity index (χ0n) is 16.9. The first kappa shape index (κ1) is 22.2. The largest absolute Gasteiger partial charge is 0.490 e. The Morgan fingerprint density at radius 1 is 1.00 bits per heavy atom. The van der Waals surface area contributed by atoms with Gasteiger partial charge in [-0.25, -0.2) is 10.2 Å². The molecule has 31 heavy (non-hydrogen) atoms. The molecular formula is C24H21BrN2O4. The van der Waals surface area contributed by atoms with Gasteiger partial charge in [-0.05, 0) is 60.5 Å². The maximum absolute atomic E-state index is 12.4. The summed E-state index contributed by atoms with van der Waals surface area (Å²) in [5.41, 5.74) is 4.53. The molecule has 1 N–H and O–H groups in total. The molecule has 0 aliphatic heterocycles. The van der Waals surface area contributed by atoms with Crippen molar-refractivity contribution in [3.8, 4) is 11.5 Å². The second kappa shape index (κ2) is 11.1. The molecule has 0 bridgehead atoms. The van der Waals surface area contributed by atoms with Crippen molar-refractivity contribution in [3.63, 3.8) is 0 Å². The minimum Gasteiger partial charge on any atom is -0.490 e. The summed E-state index contributed by atoms with van der Waals surface area (Å²) in [6.45, 7) is 2.24. The lowest BCUT2D eigenvalue weighted by molar-refractivity contribution is -0.120. The van der Waals surface area contributed by atoms with Gasteiger partial charge in [-0.1, -0.05) is 46.3 Å². The minimum absolute atomic E-state index is 0.215. The fraction of sp³-hybridized carbons (Fsp3) is 0.125. The summed E-state index contributed by atoms with van der Waals surface area (Å²) in [6, 6.07) is 21.4. The van der Waals surface area contributed by atoms with Crippen molar-refractivity contribution in [1.29, 1.82) is 0 Å². The van der Waals surface area contributed by atoms with Crippen LogP contribution < -0.4 is 14.9 Å². The Morgan fingerprint density at radius 2 is 1.74 bits per heavy atom. The molecule has 158 valence electrons. The third-order valence-electron chi connectivity index (χ3n) is 4.16. The Kier molecular flexibility index (Phi) is 7.95. The summed E-state index contributed by atoms with van der Waals surface area (Å²) < 4.78 is 12.0. The minimum atomic E-state index is -0.483. The highest BCUT2D eigenvalue weighted by molar-refractivity contribution is 9.10. The number of esters is 1. The average molecular weight is 481 g/mol.